The summed E-state index contributed by atoms with van der Waals surface area (Å²) < 4.78 is 33.4. The zero-order valence-corrected chi connectivity index (χ0v) is 13.0. The summed E-state index contributed by atoms with van der Waals surface area (Å²) in [6.07, 6.45) is 1.78. The van der Waals surface area contributed by atoms with Gasteiger partial charge in [0.1, 0.15) is 0 Å². The van der Waals surface area contributed by atoms with Gasteiger partial charge in [-0.2, -0.15) is 17.0 Å². The molecule has 0 aromatic heterocycles. The molecule has 2 rings (SSSR count). The Kier molecular flexibility index (Phi) is 6.49. The van der Waals surface area contributed by atoms with Crippen molar-refractivity contribution >= 4 is 22.6 Å². The molecule has 6 nitrogen and oxygen atoms in total. The van der Waals surface area contributed by atoms with Gasteiger partial charge >= 0.3 is 0 Å². The van der Waals surface area contributed by atoms with Gasteiger partial charge in [-0.3, -0.25) is 0 Å². The highest BCUT2D eigenvalue weighted by molar-refractivity contribution is 7.86. The average molecular weight is 314 g/mol. The summed E-state index contributed by atoms with van der Waals surface area (Å²) in [6, 6.07) is -0.0541. The minimum atomic E-state index is -3.36. The van der Waals surface area contributed by atoms with Gasteiger partial charge in [0.15, 0.2) is 0 Å². The Morgan fingerprint density at radius 1 is 1.26 bits per heavy atom. The van der Waals surface area contributed by atoms with E-state index in [-0.39, 0.29) is 18.4 Å². The molecule has 0 aromatic rings. The Hall–Kier alpha value is 0.0800. The fraction of sp³-hybridized carbons (Fsp3) is 1.00. The van der Waals surface area contributed by atoms with Crippen molar-refractivity contribution in [2.45, 2.75) is 25.8 Å². The van der Waals surface area contributed by atoms with Gasteiger partial charge in [0.25, 0.3) is 10.2 Å². The third kappa shape index (κ3) is 3.80. The molecule has 0 aliphatic carbocycles. The number of morpholine rings is 1. The third-order valence-electron chi connectivity index (χ3n) is 3.79. The number of rotatable bonds is 3. The van der Waals surface area contributed by atoms with Crippen LogP contribution in [0.4, 0.5) is 0 Å². The van der Waals surface area contributed by atoms with E-state index in [1.54, 1.807) is 4.31 Å². The maximum absolute atomic E-state index is 12.6. The Labute approximate surface area is 121 Å². The molecule has 2 heterocycles. The van der Waals surface area contributed by atoms with Crippen molar-refractivity contribution < 1.29 is 13.2 Å². The van der Waals surface area contributed by atoms with E-state index in [9.17, 15) is 8.42 Å². The summed E-state index contributed by atoms with van der Waals surface area (Å²) in [5.41, 5.74) is 5.73. The fourth-order valence-electron chi connectivity index (χ4n) is 2.67. The van der Waals surface area contributed by atoms with Gasteiger partial charge in [-0.05, 0) is 18.8 Å². The van der Waals surface area contributed by atoms with E-state index in [1.807, 2.05) is 0 Å². The maximum atomic E-state index is 12.6. The zero-order valence-electron chi connectivity index (χ0n) is 11.3. The number of ether oxygens (including phenoxy) is 1. The van der Waals surface area contributed by atoms with Gasteiger partial charge in [0.2, 0.25) is 0 Å². The van der Waals surface area contributed by atoms with Crippen molar-refractivity contribution in [3.63, 3.8) is 0 Å². The molecule has 2 aliphatic rings. The van der Waals surface area contributed by atoms with E-state index in [0.29, 0.717) is 45.3 Å². The van der Waals surface area contributed by atoms with E-state index in [1.165, 1.54) is 4.31 Å². The summed E-state index contributed by atoms with van der Waals surface area (Å²) in [4.78, 5) is 0. The molecule has 19 heavy (non-hydrogen) atoms. The molecule has 2 fully saturated rings. The highest BCUT2D eigenvalue weighted by atomic mass is 35.5. The van der Waals surface area contributed by atoms with Crippen LogP contribution in [-0.2, 0) is 14.9 Å². The van der Waals surface area contributed by atoms with Gasteiger partial charge in [-0.15, -0.1) is 12.4 Å². The molecule has 114 valence electrons. The second-order valence-electron chi connectivity index (χ2n) is 5.15. The lowest BCUT2D eigenvalue weighted by atomic mass is 9.94. The first kappa shape index (κ1) is 17.1. The first-order valence-corrected chi connectivity index (χ1v) is 8.00. The van der Waals surface area contributed by atoms with E-state index in [4.69, 9.17) is 10.5 Å². The van der Waals surface area contributed by atoms with Crippen molar-refractivity contribution in [2.24, 2.45) is 11.7 Å². The molecule has 2 unspecified atom stereocenters. The van der Waals surface area contributed by atoms with Crippen molar-refractivity contribution in [1.29, 1.82) is 0 Å². The number of hydrogen-bond acceptors (Lipinski definition) is 4. The van der Waals surface area contributed by atoms with Crippen LogP contribution in [0.15, 0.2) is 0 Å². The molecular formula is C11H24ClN3O3S. The predicted molar refractivity (Wildman–Crippen MR) is 76.5 cm³/mol. The number of nitrogens with zero attached hydrogens (tertiary/aromatic N) is 2. The number of piperidine rings is 1. The van der Waals surface area contributed by atoms with Gasteiger partial charge in [-0.25, -0.2) is 0 Å². The van der Waals surface area contributed by atoms with Gasteiger partial charge in [0.05, 0.1) is 13.2 Å². The third-order valence-corrected chi connectivity index (χ3v) is 5.88. The first-order valence-electron chi connectivity index (χ1n) is 6.60. The Bertz CT molecular complexity index is 373. The highest BCUT2D eigenvalue weighted by Gasteiger charge is 2.38. The van der Waals surface area contributed by atoms with E-state index >= 15 is 0 Å². The average Bonchev–Trinajstić information content (AvgIpc) is 2.39. The quantitative estimate of drug-likeness (QED) is 0.798. The second kappa shape index (κ2) is 7.19. The summed E-state index contributed by atoms with van der Waals surface area (Å²) in [5, 5.41) is 0. The SMILES string of the molecule is CC1CCN(S(=O)(=O)N2CCOCC2)C(CN)C1.Cl. The topological polar surface area (TPSA) is 75.9 Å². The molecule has 0 aromatic carbocycles. The summed E-state index contributed by atoms with van der Waals surface area (Å²) in [5.74, 6) is 0.551. The van der Waals surface area contributed by atoms with Crippen LogP contribution >= 0.6 is 12.4 Å². The monoisotopic (exact) mass is 313 g/mol. The molecule has 0 spiro atoms. The van der Waals surface area contributed by atoms with Gasteiger partial charge in [-0.1, -0.05) is 6.92 Å². The lowest BCUT2D eigenvalue weighted by Gasteiger charge is -2.40. The molecule has 0 saturated carbocycles. The zero-order chi connectivity index (χ0) is 13.2. The lowest BCUT2D eigenvalue weighted by Crippen LogP contribution is -2.56. The van der Waals surface area contributed by atoms with Crippen LogP contribution < -0.4 is 5.73 Å². The fourth-order valence-corrected chi connectivity index (χ4v) is 4.47. The summed E-state index contributed by atoms with van der Waals surface area (Å²) >= 11 is 0. The molecule has 2 saturated heterocycles. The van der Waals surface area contributed by atoms with Crippen molar-refractivity contribution in [2.75, 3.05) is 39.4 Å². The Morgan fingerprint density at radius 2 is 1.89 bits per heavy atom. The van der Waals surface area contributed by atoms with Gasteiger partial charge < -0.3 is 10.5 Å². The molecule has 2 atom stereocenters. The minimum Gasteiger partial charge on any atom is -0.379 e. The Balaban J connectivity index is 0.00000180. The summed E-state index contributed by atoms with van der Waals surface area (Å²) in [6.45, 7) is 5.00. The molecular weight excluding hydrogens is 290 g/mol. The largest absolute Gasteiger partial charge is 0.379 e. The summed E-state index contributed by atoms with van der Waals surface area (Å²) in [7, 11) is -3.36. The first-order chi connectivity index (χ1) is 8.55. The van der Waals surface area contributed by atoms with Crippen LogP contribution in [0.5, 0.6) is 0 Å². The van der Waals surface area contributed by atoms with Crippen LogP contribution in [0.25, 0.3) is 0 Å². The van der Waals surface area contributed by atoms with Crippen molar-refractivity contribution in [1.82, 2.24) is 8.61 Å². The standard InChI is InChI=1S/C11H23N3O3S.ClH/c1-10-2-3-14(11(8-10)9-12)18(15,16)13-4-6-17-7-5-13;/h10-11H,2-9,12H2,1H3;1H. The number of nitrogens with two attached hydrogens (primary N) is 1. The van der Waals surface area contributed by atoms with Crippen LogP contribution in [0.1, 0.15) is 19.8 Å². The molecule has 2 N–H and O–H groups in total. The van der Waals surface area contributed by atoms with E-state index < -0.39 is 10.2 Å². The van der Waals surface area contributed by atoms with Crippen molar-refractivity contribution in [3.05, 3.63) is 0 Å². The molecule has 0 bridgehead atoms. The molecule has 8 heteroatoms. The number of halogens is 1. The van der Waals surface area contributed by atoms with Crippen LogP contribution in [0.3, 0.4) is 0 Å². The maximum Gasteiger partial charge on any atom is 0.282 e. The molecule has 0 amide bonds. The number of hydrogen-bond donors (Lipinski definition) is 1. The van der Waals surface area contributed by atoms with Gasteiger partial charge in [0, 0.05) is 32.2 Å². The van der Waals surface area contributed by atoms with Crippen molar-refractivity contribution in [3.8, 4) is 0 Å². The van der Waals surface area contributed by atoms with Crippen LogP contribution in [-0.4, -0.2) is 62.5 Å². The predicted octanol–water partition coefficient (Wildman–Crippen LogP) is 0.0444. The van der Waals surface area contributed by atoms with E-state index in [0.717, 1.165) is 12.8 Å². The highest BCUT2D eigenvalue weighted by Crippen LogP contribution is 2.26. The van der Waals surface area contributed by atoms with Crippen LogP contribution in [0, 0.1) is 5.92 Å². The second-order valence-corrected chi connectivity index (χ2v) is 7.03. The molecule has 2 aliphatic heterocycles. The van der Waals surface area contributed by atoms with E-state index in [2.05, 4.69) is 6.92 Å². The Morgan fingerprint density at radius 3 is 2.47 bits per heavy atom. The van der Waals surface area contributed by atoms with Crippen LogP contribution in [0.2, 0.25) is 0 Å². The minimum absolute atomic E-state index is 0. The lowest BCUT2D eigenvalue weighted by molar-refractivity contribution is 0.0675. The molecule has 0 radical (unpaired) electrons. The smallest absolute Gasteiger partial charge is 0.282 e. The normalized spacial score (nSPS) is 30.8.